The molecule has 1 unspecified atom stereocenters. The fourth-order valence-corrected chi connectivity index (χ4v) is 4.23. The third kappa shape index (κ3) is 11.0. The summed E-state index contributed by atoms with van der Waals surface area (Å²) in [6.07, 6.45) is 21.8. The molecule has 30 heavy (non-hydrogen) atoms. The molecule has 0 heterocycles. The first-order valence-electron chi connectivity index (χ1n) is 12.5. The Morgan fingerprint density at radius 3 is 1.43 bits per heavy atom. The second-order valence-corrected chi connectivity index (χ2v) is 9.24. The van der Waals surface area contributed by atoms with Crippen LogP contribution in [-0.2, 0) is 10.2 Å². The van der Waals surface area contributed by atoms with E-state index in [1.807, 2.05) is 0 Å². The number of aromatic hydroxyl groups is 1. The zero-order chi connectivity index (χ0) is 22.1. The van der Waals surface area contributed by atoms with Crippen molar-refractivity contribution in [1.29, 1.82) is 0 Å². The van der Waals surface area contributed by atoms with Gasteiger partial charge in [-0.3, -0.25) is 4.79 Å². The summed E-state index contributed by atoms with van der Waals surface area (Å²) >= 11 is 0. The fourth-order valence-electron chi connectivity index (χ4n) is 4.23. The van der Waals surface area contributed by atoms with Crippen molar-refractivity contribution < 1.29 is 15.0 Å². The maximum atomic E-state index is 11.8. The van der Waals surface area contributed by atoms with E-state index >= 15 is 0 Å². The van der Waals surface area contributed by atoms with Crippen LogP contribution in [0.3, 0.4) is 0 Å². The lowest BCUT2D eigenvalue weighted by molar-refractivity contribution is -0.143. The second kappa shape index (κ2) is 16.2. The van der Waals surface area contributed by atoms with Gasteiger partial charge in [-0.2, -0.15) is 0 Å². The summed E-state index contributed by atoms with van der Waals surface area (Å²) in [7, 11) is 0. The van der Waals surface area contributed by atoms with Crippen LogP contribution < -0.4 is 0 Å². The summed E-state index contributed by atoms with van der Waals surface area (Å²) in [4.78, 5) is 11.8. The number of phenolic OH excluding ortho intramolecular Hbond substituents is 1. The van der Waals surface area contributed by atoms with Crippen molar-refractivity contribution in [3.05, 3.63) is 29.8 Å². The molecule has 1 aromatic rings. The molecule has 3 heteroatoms. The Morgan fingerprint density at radius 2 is 1.07 bits per heavy atom. The van der Waals surface area contributed by atoms with Gasteiger partial charge in [-0.05, 0) is 31.0 Å². The Labute approximate surface area is 185 Å². The summed E-state index contributed by atoms with van der Waals surface area (Å²) in [6.45, 7) is 4.07. The molecule has 0 aliphatic heterocycles. The fraction of sp³-hybridized carbons (Fsp3) is 0.741. The molecule has 2 N–H and O–H groups in total. The first kappa shape index (κ1) is 26.5. The van der Waals surface area contributed by atoms with Crippen LogP contribution in [0, 0.1) is 0 Å². The SMILES string of the molecule is CCCCCCCCCCCCCCCCCCC(C)(C(=O)O)c1ccc(O)cc1. The summed E-state index contributed by atoms with van der Waals surface area (Å²) < 4.78 is 0. The molecule has 0 aliphatic carbocycles. The maximum Gasteiger partial charge on any atom is 0.313 e. The normalized spacial score (nSPS) is 13.3. The second-order valence-electron chi connectivity index (χ2n) is 9.24. The molecule has 1 rings (SSSR count). The molecule has 0 radical (unpaired) electrons. The Hall–Kier alpha value is -1.51. The first-order valence-corrected chi connectivity index (χ1v) is 12.5. The van der Waals surface area contributed by atoms with E-state index < -0.39 is 11.4 Å². The van der Waals surface area contributed by atoms with E-state index in [-0.39, 0.29) is 5.75 Å². The Balaban J connectivity index is 2.01. The molecule has 0 bridgehead atoms. The predicted molar refractivity (Wildman–Crippen MR) is 127 cm³/mol. The van der Waals surface area contributed by atoms with Crippen molar-refractivity contribution in [1.82, 2.24) is 0 Å². The Bertz CT molecular complexity index is 552. The molecule has 1 atom stereocenters. The van der Waals surface area contributed by atoms with Crippen molar-refractivity contribution in [2.24, 2.45) is 0 Å². The van der Waals surface area contributed by atoms with Gasteiger partial charge in [-0.15, -0.1) is 0 Å². The highest BCUT2D eigenvalue weighted by atomic mass is 16.4. The third-order valence-electron chi connectivity index (χ3n) is 6.51. The van der Waals surface area contributed by atoms with Crippen molar-refractivity contribution >= 4 is 5.97 Å². The highest BCUT2D eigenvalue weighted by Gasteiger charge is 2.34. The molecule has 0 spiro atoms. The predicted octanol–water partition coefficient (Wildman–Crippen LogP) is 8.39. The molecule has 0 amide bonds. The smallest absolute Gasteiger partial charge is 0.313 e. The summed E-state index contributed by atoms with van der Waals surface area (Å²) in [5, 5.41) is 19.2. The minimum atomic E-state index is -0.871. The van der Waals surface area contributed by atoms with Gasteiger partial charge in [0.15, 0.2) is 0 Å². The van der Waals surface area contributed by atoms with Gasteiger partial charge in [0, 0.05) is 0 Å². The van der Waals surface area contributed by atoms with E-state index in [0.29, 0.717) is 6.42 Å². The lowest BCUT2D eigenvalue weighted by Gasteiger charge is -2.25. The topological polar surface area (TPSA) is 57.5 Å². The molecular weight excluding hydrogens is 372 g/mol. The lowest BCUT2D eigenvalue weighted by atomic mass is 9.78. The van der Waals surface area contributed by atoms with E-state index in [0.717, 1.165) is 18.4 Å². The lowest BCUT2D eigenvalue weighted by Crippen LogP contribution is -2.32. The molecule has 3 nitrogen and oxygen atoms in total. The minimum Gasteiger partial charge on any atom is -0.508 e. The van der Waals surface area contributed by atoms with E-state index in [1.165, 1.54) is 89.9 Å². The van der Waals surface area contributed by atoms with Crippen LogP contribution >= 0.6 is 0 Å². The molecular formula is C27H46O3. The molecule has 0 aliphatic rings. The van der Waals surface area contributed by atoms with Gasteiger partial charge in [0.05, 0.1) is 5.41 Å². The minimum absolute atomic E-state index is 0.175. The molecule has 172 valence electrons. The molecule has 0 saturated carbocycles. The van der Waals surface area contributed by atoms with E-state index in [4.69, 9.17) is 0 Å². The van der Waals surface area contributed by atoms with Crippen LogP contribution in [0.1, 0.15) is 129 Å². The monoisotopic (exact) mass is 418 g/mol. The van der Waals surface area contributed by atoms with E-state index in [9.17, 15) is 15.0 Å². The van der Waals surface area contributed by atoms with Gasteiger partial charge in [0.25, 0.3) is 0 Å². The molecule has 0 aromatic heterocycles. The van der Waals surface area contributed by atoms with Crippen LogP contribution in [0.25, 0.3) is 0 Å². The van der Waals surface area contributed by atoms with Crippen LogP contribution in [0.4, 0.5) is 0 Å². The van der Waals surface area contributed by atoms with E-state index in [2.05, 4.69) is 6.92 Å². The van der Waals surface area contributed by atoms with Crippen molar-refractivity contribution in [3.8, 4) is 5.75 Å². The average molecular weight is 419 g/mol. The summed E-state index contributed by atoms with van der Waals surface area (Å²) in [5.41, 5.74) is -0.0993. The van der Waals surface area contributed by atoms with Crippen LogP contribution in [-0.4, -0.2) is 16.2 Å². The third-order valence-corrected chi connectivity index (χ3v) is 6.51. The van der Waals surface area contributed by atoms with Gasteiger partial charge >= 0.3 is 5.97 Å². The van der Waals surface area contributed by atoms with Crippen LogP contribution in [0.5, 0.6) is 5.75 Å². The van der Waals surface area contributed by atoms with Crippen molar-refractivity contribution in [2.45, 2.75) is 128 Å². The number of benzene rings is 1. The maximum absolute atomic E-state index is 11.8. The summed E-state index contributed by atoms with van der Waals surface area (Å²) in [5.74, 6) is -0.608. The van der Waals surface area contributed by atoms with Crippen LogP contribution in [0.15, 0.2) is 24.3 Å². The van der Waals surface area contributed by atoms with Gasteiger partial charge in [0.2, 0.25) is 0 Å². The number of hydrogen-bond donors (Lipinski definition) is 2. The molecule has 0 saturated heterocycles. The van der Waals surface area contributed by atoms with Crippen molar-refractivity contribution in [3.63, 3.8) is 0 Å². The molecule has 0 fully saturated rings. The van der Waals surface area contributed by atoms with Gasteiger partial charge in [-0.1, -0.05) is 122 Å². The number of carbonyl (C=O) groups is 1. The van der Waals surface area contributed by atoms with Gasteiger partial charge in [-0.25, -0.2) is 0 Å². The first-order chi connectivity index (χ1) is 14.5. The number of carboxylic acid groups (broad SMARTS) is 1. The van der Waals surface area contributed by atoms with Gasteiger partial charge < -0.3 is 10.2 Å². The number of unbranched alkanes of at least 4 members (excludes halogenated alkanes) is 15. The zero-order valence-electron chi connectivity index (χ0n) is 19.6. The van der Waals surface area contributed by atoms with Crippen LogP contribution in [0.2, 0.25) is 0 Å². The standard InChI is InChI=1S/C27H46O3/c1-3-4-5-6-7-8-9-10-11-12-13-14-15-16-17-18-23-27(2,26(29)30)24-19-21-25(28)22-20-24/h19-22,28H,3-18,23H2,1-2H3,(H,29,30). The van der Waals surface area contributed by atoms with E-state index in [1.54, 1.807) is 31.2 Å². The Kier molecular flexibility index (Phi) is 14.3. The quantitative estimate of drug-likeness (QED) is 0.222. The number of aliphatic carboxylic acids is 1. The average Bonchev–Trinajstić information content (AvgIpc) is 2.73. The number of carboxylic acids is 1. The highest BCUT2D eigenvalue weighted by molar-refractivity contribution is 5.80. The van der Waals surface area contributed by atoms with Crippen molar-refractivity contribution in [2.75, 3.05) is 0 Å². The Morgan fingerprint density at radius 1 is 0.700 bits per heavy atom. The van der Waals surface area contributed by atoms with Gasteiger partial charge in [0.1, 0.15) is 5.75 Å². The number of rotatable bonds is 19. The largest absolute Gasteiger partial charge is 0.508 e. The zero-order valence-corrected chi connectivity index (χ0v) is 19.6. The number of hydrogen-bond acceptors (Lipinski definition) is 2. The number of phenols is 1. The molecule has 1 aromatic carbocycles. The highest BCUT2D eigenvalue weighted by Crippen LogP contribution is 2.31. The summed E-state index contributed by atoms with van der Waals surface area (Å²) in [6, 6.07) is 6.61.